The standard InChI is InChI=1S/C36H37N5O2S/c1-5-6-7-11-22-43-30-20-16-25(17-21-30)32-27(24-40(38-32)29-12-9-8-10-13-29)23-31-34(42)41-35(44-31)37-33(39-41)26-14-18-28(19-15-26)36(2,3)4/h8-10,12-21,23-24H,5-7,11,22H2,1-4H3/b31-23-. The third-order valence-electron chi connectivity index (χ3n) is 7.64. The minimum absolute atomic E-state index is 0.0598. The number of nitrogens with zero attached hydrogens (tertiary/aromatic N) is 5. The van der Waals surface area contributed by atoms with Crippen LogP contribution >= 0.6 is 11.3 Å². The molecule has 6 rings (SSSR count). The van der Waals surface area contributed by atoms with Crippen LogP contribution < -0.4 is 14.8 Å². The third kappa shape index (κ3) is 6.36. The molecule has 0 amide bonds. The normalized spacial score (nSPS) is 12.3. The van der Waals surface area contributed by atoms with Crippen LogP contribution in [0.25, 0.3) is 39.4 Å². The molecule has 0 saturated heterocycles. The van der Waals surface area contributed by atoms with Crippen molar-refractivity contribution in [3.63, 3.8) is 0 Å². The van der Waals surface area contributed by atoms with Crippen LogP contribution in [0.15, 0.2) is 89.9 Å². The van der Waals surface area contributed by atoms with Crippen molar-refractivity contribution in [1.82, 2.24) is 24.4 Å². The van der Waals surface area contributed by atoms with E-state index in [-0.39, 0.29) is 11.0 Å². The van der Waals surface area contributed by atoms with Gasteiger partial charge in [0.25, 0.3) is 5.56 Å². The van der Waals surface area contributed by atoms with Crippen molar-refractivity contribution < 1.29 is 4.74 Å². The summed E-state index contributed by atoms with van der Waals surface area (Å²) in [6.45, 7) is 9.47. The van der Waals surface area contributed by atoms with Gasteiger partial charge in [0.1, 0.15) is 11.4 Å². The van der Waals surface area contributed by atoms with E-state index in [0.717, 1.165) is 40.2 Å². The van der Waals surface area contributed by atoms with E-state index in [1.807, 2.05) is 83.7 Å². The molecule has 0 fully saturated rings. The largest absolute Gasteiger partial charge is 0.494 e. The number of thiazole rings is 1. The lowest BCUT2D eigenvalue weighted by Crippen LogP contribution is -2.23. The molecule has 0 aliphatic rings. The molecule has 6 aromatic rings. The zero-order chi connectivity index (χ0) is 30.7. The Kier molecular flexibility index (Phi) is 8.44. The van der Waals surface area contributed by atoms with E-state index in [9.17, 15) is 4.79 Å². The molecule has 224 valence electrons. The molecule has 0 atom stereocenters. The Bertz CT molecular complexity index is 1970. The van der Waals surface area contributed by atoms with Gasteiger partial charge in [-0.1, -0.05) is 101 Å². The second-order valence-corrected chi connectivity index (χ2v) is 13.0. The van der Waals surface area contributed by atoms with E-state index in [0.29, 0.717) is 21.9 Å². The van der Waals surface area contributed by atoms with Crippen molar-refractivity contribution in [1.29, 1.82) is 0 Å². The zero-order valence-electron chi connectivity index (χ0n) is 25.7. The summed E-state index contributed by atoms with van der Waals surface area (Å²) < 4.78 is 9.76. The predicted molar refractivity (Wildman–Crippen MR) is 179 cm³/mol. The van der Waals surface area contributed by atoms with Crippen molar-refractivity contribution in [2.75, 3.05) is 6.61 Å². The van der Waals surface area contributed by atoms with Crippen molar-refractivity contribution >= 4 is 22.4 Å². The summed E-state index contributed by atoms with van der Waals surface area (Å²) in [5.74, 6) is 1.39. The minimum atomic E-state index is -0.194. The van der Waals surface area contributed by atoms with Gasteiger partial charge >= 0.3 is 0 Å². The van der Waals surface area contributed by atoms with E-state index in [1.165, 1.54) is 40.7 Å². The van der Waals surface area contributed by atoms with Gasteiger partial charge in [0.05, 0.1) is 16.8 Å². The Morgan fingerprint density at radius 1 is 0.864 bits per heavy atom. The number of fused-ring (bicyclic) bond motifs is 1. The van der Waals surface area contributed by atoms with Gasteiger partial charge in [-0.05, 0) is 59.9 Å². The molecular weight excluding hydrogens is 566 g/mol. The first kappa shape index (κ1) is 29.5. The summed E-state index contributed by atoms with van der Waals surface area (Å²) in [6, 6.07) is 26.2. The number of unbranched alkanes of at least 4 members (excludes halogenated alkanes) is 3. The molecule has 0 radical (unpaired) electrons. The van der Waals surface area contributed by atoms with Gasteiger partial charge in [-0.25, -0.2) is 4.68 Å². The van der Waals surface area contributed by atoms with Gasteiger partial charge in [-0.15, -0.1) is 5.10 Å². The second-order valence-electron chi connectivity index (χ2n) is 12.0. The number of ether oxygens (including phenoxy) is 1. The molecule has 3 aromatic heterocycles. The molecule has 0 aliphatic carbocycles. The Balaban J connectivity index is 1.33. The SMILES string of the molecule is CCCCCCOc1ccc(-c2nn(-c3ccccc3)cc2/C=c2\sc3nc(-c4ccc(C(C)(C)C)cc4)nn3c2=O)cc1. The topological polar surface area (TPSA) is 74.3 Å². The molecule has 0 N–H and O–H groups in total. The Hall–Kier alpha value is -4.56. The van der Waals surface area contributed by atoms with Crippen molar-refractivity contribution in [2.24, 2.45) is 0 Å². The van der Waals surface area contributed by atoms with E-state index < -0.39 is 0 Å². The lowest BCUT2D eigenvalue weighted by molar-refractivity contribution is 0.305. The molecule has 8 heteroatoms. The maximum absolute atomic E-state index is 13.5. The Morgan fingerprint density at radius 3 is 2.27 bits per heavy atom. The van der Waals surface area contributed by atoms with Crippen LogP contribution in [0.5, 0.6) is 5.75 Å². The fraction of sp³-hybridized carbons (Fsp3) is 0.278. The van der Waals surface area contributed by atoms with E-state index in [4.69, 9.17) is 14.8 Å². The first-order valence-corrected chi connectivity index (χ1v) is 16.0. The molecule has 3 aromatic carbocycles. The Morgan fingerprint density at radius 2 is 1.59 bits per heavy atom. The van der Waals surface area contributed by atoms with Crippen molar-refractivity contribution in [2.45, 2.75) is 58.8 Å². The highest BCUT2D eigenvalue weighted by Gasteiger charge is 2.17. The molecule has 0 spiro atoms. The van der Waals surface area contributed by atoms with E-state index in [2.05, 4.69) is 44.9 Å². The van der Waals surface area contributed by atoms with Crippen LogP contribution in [0.3, 0.4) is 0 Å². The minimum Gasteiger partial charge on any atom is -0.494 e. The van der Waals surface area contributed by atoms with Gasteiger partial charge < -0.3 is 4.74 Å². The van der Waals surface area contributed by atoms with Crippen LogP contribution in [0.4, 0.5) is 0 Å². The molecular formula is C36H37N5O2S. The first-order chi connectivity index (χ1) is 21.3. The number of para-hydroxylation sites is 1. The summed E-state index contributed by atoms with van der Waals surface area (Å²) in [7, 11) is 0. The monoisotopic (exact) mass is 603 g/mol. The Labute approximate surface area is 261 Å². The summed E-state index contributed by atoms with van der Waals surface area (Å²) in [5.41, 5.74) is 5.48. The predicted octanol–water partition coefficient (Wildman–Crippen LogP) is 7.48. The first-order valence-electron chi connectivity index (χ1n) is 15.2. The van der Waals surface area contributed by atoms with Gasteiger partial charge in [0, 0.05) is 22.9 Å². The van der Waals surface area contributed by atoms with Crippen LogP contribution in [-0.2, 0) is 5.41 Å². The molecule has 0 aliphatic heterocycles. The van der Waals surface area contributed by atoms with Crippen LogP contribution in [-0.4, -0.2) is 31.0 Å². The number of rotatable bonds is 10. The lowest BCUT2D eigenvalue weighted by Gasteiger charge is -2.18. The number of benzene rings is 3. The average Bonchev–Trinajstić information content (AvgIpc) is 3.72. The number of hydrogen-bond donors (Lipinski definition) is 0. The molecule has 44 heavy (non-hydrogen) atoms. The van der Waals surface area contributed by atoms with Gasteiger partial charge in [-0.3, -0.25) is 4.79 Å². The van der Waals surface area contributed by atoms with Crippen LogP contribution in [0, 0.1) is 0 Å². The van der Waals surface area contributed by atoms with Crippen LogP contribution in [0.1, 0.15) is 64.5 Å². The molecule has 0 bridgehead atoms. The quantitative estimate of drug-likeness (QED) is 0.152. The maximum Gasteiger partial charge on any atom is 0.291 e. The summed E-state index contributed by atoms with van der Waals surface area (Å²) in [5, 5.41) is 9.50. The average molecular weight is 604 g/mol. The van der Waals surface area contributed by atoms with Crippen molar-refractivity contribution in [3.05, 3.63) is 111 Å². The fourth-order valence-corrected chi connectivity index (χ4v) is 5.97. The maximum atomic E-state index is 13.5. The third-order valence-corrected chi connectivity index (χ3v) is 8.59. The molecule has 3 heterocycles. The van der Waals surface area contributed by atoms with Gasteiger partial charge in [0.15, 0.2) is 5.82 Å². The number of aromatic nitrogens is 5. The van der Waals surface area contributed by atoms with Crippen LogP contribution in [0.2, 0.25) is 0 Å². The molecule has 0 saturated carbocycles. The van der Waals surface area contributed by atoms with Crippen molar-refractivity contribution in [3.8, 4) is 34.1 Å². The molecule has 0 unspecified atom stereocenters. The lowest BCUT2D eigenvalue weighted by atomic mass is 9.87. The van der Waals surface area contributed by atoms with Gasteiger partial charge in [0.2, 0.25) is 4.96 Å². The van der Waals surface area contributed by atoms with E-state index >= 15 is 0 Å². The molecule has 7 nitrogen and oxygen atoms in total. The van der Waals surface area contributed by atoms with E-state index in [1.54, 1.807) is 0 Å². The van der Waals surface area contributed by atoms with Gasteiger partial charge in [-0.2, -0.15) is 14.6 Å². The summed E-state index contributed by atoms with van der Waals surface area (Å²) in [6.07, 6.45) is 8.52. The zero-order valence-corrected chi connectivity index (χ0v) is 26.5. The highest BCUT2D eigenvalue weighted by molar-refractivity contribution is 7.15. The summed E-state index contributed by atoms with van der Waals surface area (Å²) >= 11 is 1.33. The second kappa shape index (κ2) is 12.6. The highest BCUT2D eigenvalue weighted by Crippen LogP contribution is 2.28. The highest BCUT2D eigenvalue weighted by atomic mass is 32.1. The smallest absolute Gasteiger partial charge is 0.291 e. The number of hydrogen-bond acceptors (Lipinski definition) is 6. The summed E-state index contributed by atoms with van der Waals surface area (Å²) in [4.78, 5) is 18.8. The fourth-order valence-electron chi connectivity index (χ4n) is 5.07.